The van der Waals surface area contributed by atoms with Gasteiger partial charge in [0.1, 0.15) is 6.10 Å². The summed E-state index contributed by atoms with van der Waals surface area (Å²) < 4.78 is 5.25. The van der Waals surface area contributed by atoms with Gasteiger partial charge in [0.05, 0.1) is 0 Å². The van der Waals surface area contributed by atoms with Gasteiger partial charge in [0.2, 0.25) is 0 Å². The Bertz CT molecular complexity index is 429. The second kappa shape index (κ2) is 15.0. The molecule has 0 radical (unpaired) electrons. The van der Waals surface area contributed by atoms with E-state index in [1.807, 2.05) is 6.08 Å². The first kappa shape index (κ1) is 20.5. The minimum absolute atomic E-state index is 0.101. The summed E-state index contributed by atoms with van der Waals surface area (Å²) in [4.78, 5) is 11.1. The van der Waals surface area contributed by atoms with E-state index in [0.29, 0.717) is 0 Å². The van der Waals surface area contributed by atoms with Gasteiger partial charge in [-0.15, -0.1) is 0 Å². The van der Waals surface area contributed by atoms with Crippen molar-refractivity contribution >= 4 is 5.97 Å². The fourth-order valence-corrected chi connectivity index (χ4v) is 2.67. The Labute approximate surface area is 148 Å². The molecule has 0 saturated carbocycles. The van der Waals surface area contributed by atoms with Crippen LogP contribution in [0.25, 0.3) is 0 Å². The molecule has 0 N–H and O–H groups in total. The molecule has 0 aromatic rings. The lowest BCUT2D eigenvalue weighted by Gasteiger charge is -2.18. The van der Waals surface area contributed by atoms with Crippen molar-refractivity contribution in [1.29, 1.82) is 0 Å². The molecule has 0 bridgehead atoms. The predicted molar refractivity (Wildman–Crippen MR) is 103 cm³/mol. The van der Waals surface area contributed by atoms with Gasteiger partial charge in [-0.1, -0.05) is 62.3 Å². The molecule has 0 spiro atoms. The van der Waals surface area contributed by atoms with Gasteiger partial charge in [-0.05, 0) is 51.4 Å². The molecule has 24 heavy (non-hydrogen) atoms. The summed E-state index contributed by atoms with van der Waals surface area (Å²) in [6.45, 7) is 2.24. The monoisotopic (exact) mass is 330 g/mol. The maximum atomic E-state index is 11.1. The molecular formula is C22H34O2. The highest BCUT2D eigenvalue weighted by Crippen LogP contribution is 2.15. The summed E-state index contributed by atoms with van der Waals surface area (Å²) in [5.41, 5.74) is 0. The van der Waals surface area contributed by atoms with E-state index < -0.39 is 0 Å². The highest BCUT2D eigenvalue weighted by Gasteiger charge is 2.14. The number of allylic oxidation sites excluding steroid dienone is 6. The number of hydrogen-bond donors (Lipinski definition) is 0. The lowest BCUT2D eigenvalue weighted by Crippen LogP contribution is -2.19. The Balaban J connectivity index is 1.90. The molecule has 0 aromatic carbocycles. The Morgan fingerprint density at radius 3 is 2.21 bits per heavy atom. The molecule has 0 saturated heterocycles. The first-order valence-corrected chi connectivity index (χ1v) is 9.65. The van der Waals surface area contributed by atoms with Crippen molar-refractivity contribution < 1.29 is 9.53 Å². The molecule has 1 aliphatic rings. The van der Waals surface area contributed by atoms with Gasteiger partial charge in [-0.3, -0.25) is 0 Å². The van der Waals surface area contributed by atoms with Crippen LogP contribution in [-0.4, -0.2) is 12.1 Å². The normalized spacial score (nSPS) is 18.2. The zero-order valence-electron chi connectivity index (χ0n) is 15.3. The first-order valence-electron chi connectivity index (χ1n) is 9.65. The third-order valence-electron chi connectivity index (χ3n) is 4.10. The first-order chi connectivity index (χ1) is 11.8. The van der Waals surface area contributed by atoms with Crippen LogP contribution in [0.2, 0.25) is 0 Å². The molecule has 2 heteroatoms. The van der Waals surface area contributed by atoms with E-state index >= 15 is 0 Å². The van der Waals surface area contributed by atoms with Gasteiger partial charge < -0.3 is 4.74 Å². The lowest BCUT2D eigenvalue weighted by atomic mass is 10.1. The Morgan fingerprint density at radius 2 is 1.58 bits per heavy atom. The number of rotatable bonds is 13. The van der Waals surface area contributed by atoms with Crippen LogP contribution in [-0.2, 0) is 9.53 Å². The minimum atomic E-state index is -0.186. The molecule has 2 nitrogen and oxygen atoms in total. The molecule has 0 unspecified atom stereocenters. The summed E-state index contributed by atoms with van der Waals surface area (Å²) in [7, 11) is 0. The third kappa shape index (κ3) is 11.9. The van der Waals surface area contributed by atoms with Crippen LogP contribution in [0.4, 0.5) is 0 Å². The highest BCUT2D eigenvalue weighted by molar-refractivity contribution is 5.82. The van der Waals surface area contributed by atoms with E-state index in [9.17, 15) is 4.79 Å². The van der Waals surface area contributed by atoms with Gasteiger partial charge >= 0.3 is 5.97 Å². The van der Waals surface area contributed by atoms with E-state index in [4.69, 9.17) is 4.74 Å². The fraction of sp³-hybridized carbons (Fsp3) is 0.591. The molecule has 0 amide bonds. The molecule has 1 rings (SSSR count). The number of carbonyl (C=O) groups is 1. The molecule has 0 aliphatic carbocycles. The number of carbonyl (C=O) groups excluding carboxylic acids is 1. The maximum Gasteiger partial charge on any atom is 0.330 e. The predicted octanol–water partition coefficient (Wildman–Crippen LogP) is 6.45. The average molecular weight is 331 g/mol. The molecule has 1 aliphatic heterocycles. The second-order valence-corrected chi connectivity index (χ2v) is 6.36. The second-order valence-electron chi connectivity index (χ2n) is 6.36. The van der Waals surface area contributed by atoms with E-state index in [1.165, 1.54) is 38.2 Å². The van der Waals surface area contributed by atoms with Gasteiger partial charge in [0.25, 0.3) is 0 Å². The standard InChI is InChI=1S/C22H34O2/c1-2-3-4-5-6-7-8-9-10-11-12-13-14-15-16-18-21-19-17-20-22(23)24-21/h6-7,9-10,12-13,17,20-21H,2-5,8,11,14-16,18-19H2,1H3/b7-6-,10-9-,13-12-/t21-/m1/s1. The van der Waals surface area contributed by atoms with Gasteiger partial charge in [0, 0.05) is 12.5 Å². The summed E-state index contributed by atoms with van der Waals surface area (Å²) in [5.74, 6) is -0.186. The van der Waals surface area contributed by atoms with Crippen molar-refractivity contribution in [3.05, 3.63) is 48.6 Å². The molecule has 1 heterocycles. The Hall–Kier alpha value is -1.57. The number of hydrogen-bond acceptors (Lipinski definition) is 2. The van der Waals surface area contributed by atoms with Crippen molar-refractivity contribution in [2.24, 2.45) is 0 Å². The third-order valence-corrected chi connectivity index (χ3v) is 4.10. The van der Waals surface area contributed by atoms with Crippen LogP contribution in [0.5, 0.6) is 0 Å². The van der Waals surface area contributed by atoms with Crippen LogP contribution >= 0.6 is 0 Å². The quantitative estimate of drug-likeness (QED) is 0.220. The zero-order chi connectivity index (χ0) is 17.3. The number of unbranched alkanes of at least 4 members (excludes halogenated alkanes) is 5. The SMILES string of the molecule is CCCCC/C=C\C/C=C\C/C=C\CCCC[C@@H]1CC=CC(=O)O1. The van der Waals surface area contributed by atoms with Crippen LogP contribution in [0.3, 0.4) is 0 Å². The largest absolute Gasteiger partial charge is 0.459 e. The lowest BCUT2D eigenvalue weighted by molar-refractivity contribution is -0.144. The zero-order valence-corrected chi connectivity index (χ0v) is 15.3. The van der Waals surface area contributed by atoms with E-state index in [2.05, 4.69) is 43.4 Å². The summed E-state index contributed by atoms with van der Waals surface area (Å²) in [5, 5.41) is 0. The average Bonchev–Trinajstić information content (AvgIpc) is 2.58. The molecule has 0 fully saturated rings. The molecule has 1 atom stereocenters. The Morgan fingerprint density at radius 1 is 0.958 bits per heavy atom. The van der Waals surface area contributed by atoms with Crippen LogP contribution in [0, 0.1) is 0 Å². The van der Waals surface area contributed by atoms with Gasteiger partial charge in [-0.2, -0.15) is 0 Å². The van der Waals surface area contributed by atoms with Crippen molar-refractivity contribution in [2.45, 2.75) is 83.7 Å². The fourth-order valence-electron chi connectivity index (χ4n) is 2.67. The highest BCUT2D eigenvalue weighted by atomic mass is 16.5. The van der Waals surface area contributed by atoms with E-state index in [1.54, 1.807) is 0 Å². The van der Waals surface area contributed by atoms with E-state index in [-0.39, 0.29) is 12.1 Å². The topological polar surface area (TPSA) is 26.3 Å². The molecule has 0 aromatic heterocycles. The van der Waals surface area contributed by atoms with Gasteiger partial charge in [-0.25, -0.2) is 4.79 Å². The van der Waals surface area contributed by atoms with Crippen molar-refractivity contribution in [2.75, 3.05) is 0 Å². The summed E-state index contributed by atoms with van der Waals surface area (Å²) >= 11 is 0. The molecular weight excluding hydrogens is 296 g/mol. The van der Waals surface area contributed by atoms with Crippen LogP contribution < -0.4 is 0 Å². The van der Waals surface area contributed by atoms with Crippen LogP contribution in [0.15, 0.2) is 48.6 Å². The smallest absolute Gasteiger partial charge is 0.330 e. The molecule has 134 valence electrons. The summed E-state index contributed by atoms with van der Waals surface area (Å²) in [6.07, 6.45) is 29.6. The Kier molecular flexibility index (Phi) is 12.8. The van der Waals surface area contributed by atoms with Crippen molar-refractivity contribution in [3.8, 4) is 0 Å². The number of cyclic esters (lactones) is 1. The number of esters is 1. The maximum absolute atomic E-state index is 11.1. The van der Waals surface area contributed by atoms with Crippen LogP contribution in [0.1, 0.15) is 77.6 Å². The van der Waals surface area contributed by atoms with E-state index in [0.717, 1.165) is 38.5 Å². The number of ether oxygens (including phenoxy) is 1. The summed E-state index contributed by atoms with van der Waals surface area (Å²) in [6, 6.07) is 0. The minimum Gasteiger partial charge on any atom is -0.459 e. The van der Waals surface area contributed by atoms with Crippen molar-refractivity contribution in [1.82, 2.24) is 0 Å². The van der Waals surface area contributed by atoms with Crippen molar-refractivity contribution in [3.63, 3.8) is 0 Å². The van der Waals surface area contributed by atoms with Gasteiger partial charge in [0.15, 0.2) is 0 Å².